The predicted octanol–water partition coefficient (Wildman–Crippen LogP) is 2.44. The van der Waals surface area contributed by atoms with Crippen molar-refractivity contribution in [3.63, 3.8) is 0 Å². The Morgan fingerprint density at radius 2 is 2.07 bits per heavy atom. The number of para-hydroxylation sites is 2. The SMILES string of the molecule is COc1ccccc1N1CCN(CC(=O)Nc2onc3c2CCCC3)C1=O. The molecule has 8 heteroatoms. The van der Waals surface area contributed by atoms with E-state index in [1.165, 1.54) is 4.90 Å². The molecule has 8 nitrogen and oxygen atoms in total. The number of methoxy groups -OCH3 is 1. The molecule has 1 aromatic heterocycles. The fraction of sp³-hybridized carbons (Fsp3) is 0.421. The number of carbonyl (C=O) groups is 2. The molecule has 0 atom stereocenters. The molecule has 0 saturated carbocycles. The molecule has 2 aliphatic rings. The Labute approximate surface area is 157 Å². The monoisotopic (exact) mass is 370 g/mol. The zero-order valence-electron chi connectivity index (χ0n) is 15.2. The van der Waals surface area contributed by atoms with Gasteiger partial charge in [-0.05, 0) is 37.8 Å². The molecular formula is C19H22N4O4. The van der Waals surface area contributed by atoms with Crippen LogP contribution in [0.25, 0.3) is 0 Å². The van der Waals surface area contributed by atoms with Crippen LogP contribution < -0.4 is 15.0 Å². The summed E-state index contributed by atoms with van der Waals surface area (Å²) >= 11 is 0. The smallest absolute Gasteiger partial charge is 0.325 e. The van der Waals surface area contributed by atoms with Crippen LogP contribution in [-0.4, -0.2) is 48.7 Å². The van der Waals surface area contributed by atoms with Crippen LogP contribution in [-0.2, 0) is 17.6 Å². The van der Waals surface area contributed by atoms with E-state index in [9.17, 15) is 9.59 Å². The van der Waals surface area contributed by atoms with Crippen LogP contribution in [0.2, 0.25) is 0 Å². The summed E-state index contributed by atoms with van der Waals surface area (Å²) < 4.78 is 10.6. The summed E-state index contributed by atoms with van der Waals surface area (Å²) in [7, 11) is 1.57. The standard InChI is InChI=1S/C19H22N4O4/c1-26-16-9-5-4-8-15(16)23-11-10-22(19(23)25)12-17(24)20-18-13-6-2-3-7-14(13)21-27-18/h4-5,8-9H,2-3,6-7,10-12H2,1H3,(H,20,24). The van der Waals surface area contributed by atoms with Gasteiger partial charge in [0.25, 0.3) is 0 Å². The zero-order valence-corrected chi connectivity index (χ0v) is 15.2. The summed E-state index contributed by atoms with van der Waals surface area (Å²) in [5.74, 6) is 0.767. The van der Waals surface area contributed by atoms with Gasteiger partial charge in [-0.25, -0.2) is 4.79 Å². The summed E-state index contributed by atoms with van der Waals surface area (Å²) in [6.45, 7) is 0.947. The van der Waals surface area contributed by atoms with Crippen LogP contribution >= 0.6 is 0 Å². The van der Waals surface area contributed by atoms with Gasteiger partial charge < -0.3 is 14.2 Å². The van der Waals surface area contributed by atoms with E-state index >= 15 is 0 Å². The number of aromatic nitrogens is 1. The molecule has 3 amide bonds. The molecule has 2 aromatic rings. The van der Waals surface area contributed by atoms with E-state index in [1.807, 2.05) is 24.3 Å². The van der Waals surface area contributed by atoms with E-state index in [2.05, 4.69) is 10.5 Å². The number of fused-ring (bicyclic) bond motifs is 1. The normalized spacial score (nSPS) is 16.4. The number of hydrogen-bond donors (Lipinski definition) is 1. The van der Waals surface area contributed by atoms with Gasteiger partial charge in [-0.15, -0.1) is 0 Å². The number of urea groups is 1. The molecule has 0 radical (unpaired) electrons. The predicted molar refractivity (Wildman–Crippen MR) is 99.1 cm³/mol. The number of nitrogens with one attached hydrogen (secondary N) is 1. The molecule has 4 rings (SSSR count). The van der Waals surface area contributed by atoms with Crippen molar-refractivity contribution in [2.24, 2.45) is 0 Å². The van der Waals surface area contributed by atoms with E-state index in [0.29, 0.717) is 30.4 Å². The Morgan fingerprint density at radius 1 is 1.26 bits per heavy atom. The molecule has 142 valence electrons. The lowest BCUT2D eigenvalue weighted by atomic mass is 9.98. The molecule has 1 aliphatic carbocycles. The van der Waals surface area contributed by atoms with Crippen molar-refractivity contribution in [1.82, 2.24) is 10.1 Å². The quantitative estimate of drug-likeness (QED) is 0.873. The highest BCUT2D eigenvalue weighted by Gasteiger charge is 2.32. The van der Waals surface area contributed by atoms with Crippen LogP contribution in [0.3, 0.4) is 0 Å². The van der Waals surface area contributed by atoms with Crippen molar-refractivity contribution < 1.29 is 18.8 Å². The molecule has 27 heavy (non-hydrogen) atoms. The third-order valence-corrected chi connectivity index (χ3v) is 5.02. The maximum Gasteiger partial charge on any atom is 0.325 e. The molecule has 1 aliphatic heterocycles. The van der Waals surface area contributed by atoms with Gasteiger partial charge in [-0.2, -0.15) is 0 Å². The highest BCUT2D eigenvalue weighted by Crippen LogP contribution is 2.30. The van der Waals surface area contributed by atoms with Gasteiger partial charge in [0.2, 0.25) is 11.8 Å². The van der Waals surface area contributed by atoms with Crippen LogP contribution in [0.5, 0.6) is 5.75 Å². The van der Waals surface area contributed by atoms with Crippen molar-refractivity contribution in [3.05, 3.63) is 35.5 Å². The fourth-order valence-electron chi connectivity index (χ4n) is 3.63. The number of carbonyl (C=O) groups excluding carboxylic acids is 2. The minimum Gasteiger partial charge on any atom is -0.495 e. The molecule has 0 bridgehead atoms. The van der Waals surface area contributed by atoms with Crippen molar-refractivity contribution in [2.75, 3.05) is 37.0 Å². The van der Waals surface area contributed by atoms with Crippen LogP contribution in [0.4, 0.5) is 16.4 Å². The molecule has 1 fully saturated rings. The van der Waals surface area contributed by atoms with Crippen LogP contribution in [0.15, 0.2) is 28.8 Å². The van der Waals surface area contributed by atoms with Crippen molar-refractivity contribution >= 4 is 23.5 Å². The van der Waals surface area contributed by atoms with Gasteiger partial charge in [0, 0.05) is 18.7 Å². The Hall–Kier alpha value is -3.03. The van der Waals surface area contributed by atoms with E-state index in [4.69, 9.17) is 9.26 Å². The second-order valence-electron chi connectivity index (χ2n) is 6.72. The molecule has 0 unspecified atom stereocenters. The summed E-state index contributed by atoms with van der Waals surface area (Å²) in [6, 6.07) is 7.14. The van der Waals surface area contributed by atoms with Gasteiger partial charge in [-0.1, -0.05) is 17.3 Å². The lowest BCUT2D eigenvalue weighted by Crippen LogP contribution is -2.37. The fourth-order valence-corrected chi connectivity index (χ4v) is 3.63. The first-order chi connectivity index (χ1) is 13.2. The van der Waals surface area contributed by atoms with Crippen LogP contribution in [0.1, 0.15) is 24.1 Å². The molecule has 1 aromatic carbocycles. The number of aryl methyl sites for hydroxylation is 1. The molecule has 1 N–H and O–H groups in total. The van der Waals surface area contributed by atoms with Crippen molar-refractivity contribution in [2.45, 2.75) is 25.7 Å². The number of amides is 3. The third-order valence-electron chi connectivity index (χ3n) is 5.02. The van der Waals surface area contributed by atoms with Crippen LogP contribution in [0, 0.1) is 0 Å². The summed E-state index contributed by atoms with van der Waals surface area (Å²) in [5.41, 5.74) is 2.62. The van der Waals surface area contributed by atoms with Crippen molar-refractivity contribution in [1.29, 1.82) is 0 Å². The number of ether oxygens (including phenoxy) is 1. The average molecular weight is 370 g/mol. The maximum absolute atomic E-state index is 12.7. The van der Waals surface area contributed by atoms with E-state index in [0.717, 1.165) is 36.9 Å². The molecule has 1 saturated heterocycles. The number of anilines is 2. The summed E-state index contributed by atoms with van der Waals surface area (Å²) in [5, 5.41) is 6.80. The van der Waals surface area contributed by atoms with Gasteiger partial charge in [0.05, 0.1) is 18.5 Å². The highest BCUT2D eigenvalue weighted by molar-refractivity contribution is 6.00. The van der Waals surface area contributed by atoms with Crippen molar-refractivity contribution in [3.8, 4) is 5.75 Å². The second kappa shape index (κ2) is 7.30. The first-order valence-corrected chi connectivity index (χ1v) is 9.14. The third kappa shape index (κ3) is 3.34. The second-order valence-corrected chi connectivity index (χ2v) is 6.72. The first kappa shape index (κ1) is 17.4. The van der Waals surface area contributed by atoms with Gasteiger partial charge >= 0.3 is 6.03 Å². The molecule has 0 spiro atoms. The van der Waals surface area contributed by atoms with Gasteiger partial charge in [0.15, 0.2) is 0 Å². The van der Waals surface area contributed by atoms with E-state index < -0.39 is 0 Å². The average Bonchev–Trinajstić information content (AvgIpc) is 3.26. The molecule has 2 heterocycles. The Bertz CT molecular complexity index is 863. The topological polar surface area (TPSA) is 87.9 Å². The number of benzene rings is 1. The summed E-state index contributed by atoms with van der Waals surface area (Å²) in [4.78, 5) is 28.3. The maximum atomic E-state index is 12.7. The Morgan fingerprint density at radius 3 is 2.93 bits per heavy atom. The van der Waals surface area contributed by atoms with E-state index in [-0.39, 0.29) is 18.5 Å². The first-order valence-electron chi connectivity index (χ1n) is 9.14. The number of rotatable bonds is 5. The van der Waals surface area contributed by atoms with E-state index in [1.54, 1.807) is 12.0 Å². The summed E-state index contributed by atoms with van der Waals surface area (Å²) in [6.07, 6.45) is 3.90. The molecular weight excluding hydrogens is 348 g/mol. The van der Waals surface area contributed by atoms with Gasteiger partial charge in [-0.3, -0.25) is 15.0 Å². The minimum atomic E-state index is -0.283. The zero-order chi connectivity index (χ0) is 18.8. The lowest BCUT2D eigenvalue weighted by molar-refractivity contribution is -0.116. The largest absolute Gasteiger partial charge is 0.495 e. The lowest BCUT2D eigenvalue weighted by Gasteiger charge is -2.20. The Kier molecular flexibility index (Phi) is 4.70. The van der Waals surface area contributed by atoms with Gasteiger partial charge in [0.1, 0.15) is 12.3 Å². The number of nitrogens with zero attached hydrogens (tertiary/aromatic N) is 3. The Balaban J connectivity index is 1.41. The minimum absolute atomic E-state index is 0.0278. The number of hydrogen-bond acceptors (Lipinski definition) is 5. The highest BCUT2D eigenvalue weighted by atomic mass is 16.5.